The van der Waals surface area contributed by atoms with Crippen LogP contribution in [0.25, 0.3) is 0 Å². The Morgan fingerprint density at radius 2 is 1.77 bits per heavy atom. The number of amides is 2. The van der Waals surface area contributed by atoms with Crippen molar-refractivity contribution in [3.63, 3.8) is 0 Å². The smallest absolute Gasteiger partial charge is 0.288 e. The van der Waals surface area contributed by atoms with Gasteiger partial charge in [0.15, 0.2) is 0 Å². The first-order valence-electron chi connectivity index (χ1n) is 7.30. The van der Waals surface area contributed by atoms with E-state index >= 15 is 0 Å². The number of carbonyl (C=O) groups is 2. The fourth-order valence-corrected chi connectivity index (χ4v) is 4.60. The van der Waals surface area contributed by atoms with E-state index in [1.54, 1.807) is 6.07 Å². The van der Waals surface area contributed by atoms with E-state index in [0.717, 1.165) is 0 Å². The van der Waals surface area contributed by atoms with Crippen molar-refractivity contribution in [3.8, 4) is 0 Å². The second-order valence-electron chi connectivity index (χ2n) is 5.24. The number of halogens is 2. The molecule has 3 rings (SSSR count). The van der Waals surface area contributed by atoms with Crippen LogP contribution in [-0.4, -0.2) is 36.8 Å². The van der Waals surface area contributed by atoms with Crippen molar-refractivity contribution < 1.29 is 26.8 Å². The predicted molar refractivity (Wildman–Crippen MR) is 91.6 cm³/mol. The molecule has 0 aromatic heterocycles. The number of alkyl halides is 2. The molecule has 1 aliphatic heterocycles. The summed E-state index contributed by atoms with van der Waals surface area (Å²) in [7, 11) is -4.11. The van der Waals surface area contributed by atoms with Gasteiger partial charge in [-0.15, -0.1) is 0 Å². The molecule has 0 fully saturated rings. The number of nitrogens with one attached hydrogen (secondary N) is 1. The number of benzene rings is 2. The van der Waals surface area contributed by atoms with E-state index in [1.807, 2.05) is 0 Å². The van der Waals surface area contributed by atoms with Crippen molar-refractivity contribution in [2.24, 2.45) is 0 Å². The summed E-state index contributed by atoms with van der Waals surface area (Å²) in [6.07, 6.45) is 0. The minimum absolute atomic E-state index is 0.00560. The number of sulfonamides is 1. The molecule has 26 heavy (non-hydrogen) atoms. The lowest BCUT2D eigenvalue weighted by Gasteiger charge is -2.16. The molecule has 0 aliphatic carbocycles. The first-order valence-corrected chi connectivity index (χ1v) is 9.62. The van der Waals surface area contributed by atoms with Crippen molar-refractivity contribution in [1.29, 1.82) is 0 Å². The molecule has 2 amide bonds. The van der Waals surface area contributed by atoms with Crippen LogP contribution >= 0.6 is 11.8 Å². The number of fused-ring (bicyclic) bond motifs is 1. The highest BCUT2D eigenvalue weighted by atomic mass is 32.2. The topological polar surface area (TPSA) is 83.6 Å². The first-order chi connectivity index (χ1) is 12.3. The van der Waals surface area contributed by atoms with Gasteiger partial charge in [-0.3, -0.25) is 9.59 Å². The maximum absolute atomic E-state index is 12.6. The number of hydrogen-bond donors (Lipinski definition) is 1. The van der Waals surface area contributed by atoms with E-state index in [4.69, 9.17) is 0 Å². The predicted octanol–water partition coefficient (Wildman–Crippen LogP) is 2.78. The summed E-state index contributed by atoms with van der Waals surface area (Å²) in [4.78, 5) is 24.5. The maximum Gasteiger partial charge on any atom is 0.288 e. The molecular formula is C16H12F2N2O4S2. The number of rotatable bonds is 5. The van der Waals surface area contributed by atoms with Gasteiger partial charge in [-0.2, -0.15) is 8.78 Å². The number of hydrogen-bond acceptors (Lipinski definition) is 5. The highest BCUT2D eigenvalue weighted by Crippen LogP contribution is 2.32. The van der Waals surface area contributed by atoms with E-state index in [0.29, 0.717) is 4.31 Å². The third-order valence-corrected chi connectivity index (χ3v) is 6.15. The summed E-state index contributed by atoms with van der Waals surface area (Å²) in [5.41, 5.74) is 0.110. The summed E-state index contributed by atoms with van der Waals surface area (Å²) >= 11 is 0.253. The van der Waals surface area contributed by atoms with Gasteiger partial charge >= 0.3 is 0 Å². The Hall–Kier alpha value is -2.46. The van der Waals surface area contributed by atoms with Crippen LogP contribution in [0.5, 0.6) is 0 Å². The molecule has 1 heterocycles. The largest absolute Gasteiger partial charge is 0.323 e. The average molecular weight is 398 g/mol. The van der Waals surface area contributed by atoms with Gasteiger partial charge in [0.1, 0.15) is 11.4 Å². The van der Waals surface area contributed by atoms with Gasteiger partial charge in [-0.1, -0.05) is 36.0 Å². The average Bonchev–Trinajstić information content (AvgIpc) is 2.78. The van der Waals surface area contributed by atoms with Crippen LogP contribution < -0.4 is 5.32 Å². The van der Waals surface area contributed by atoms with Crippen molar-refractivity contribution in [2.75, 3.05) is 11.9 Å². The normalized spacial score (nSPS) is 15.2. The number of nitrogens with zero attached hydrogens (tertiary/aromatic N) is 1. The Morgan fingerprint density at radius 3 is 2.46 bits per heavy atom. The Balaban J connectivity index is 1.79. The van der Waals surface area contributed by atoms with Crippen molar-refractivity contribution in [3.05, 3.63) is 54.1 Å². The molecular weight excluding hydrogens is 386 g/mol. The van der Waals surface area contributed by atoms with Crippen LogP contribution in [0.2, 0.25) is 0 Å². The quantitative estimate of drug-likeness (QED) is 0.783. The van der Waals surface area contributed by atoms with Crippen LogP contribution in [0.4, 0.5) is 14.5 Å². The van der Waals surface area contributed by atoms with Gasteiger partial charge < -0.3 is 5.32 Å². The fraction of sp³-hybridized carbons (Fsp3) is 0.125. The zero-order valence-electron chi connectivity index (χ0n) is 13.1. The minimum Gasteiger partial charge on any atom is -0.323 e. The SMILES string of the molecule is O=C(CN1C(=O)c2ccccc2S1(=O)=O)Nc1ccccc1SC(F)F. The van der Waals surface area contributed by atoms with Crippen LogP contribution in [0.3, 0.4) is 0 Å². The second-order valence-corrected chi connectivity index (χ2v) is 8.10. The molecule has 6 nitrogen and oxygen atoms in total. The molecule has 0 spiro atoms. The lowest BCUT2D eigenvalue weighted by molar-refractivity contribution is -0.116. The Morgan fingerprint density at radius 1 is 1.12 bits per heavy atom. The standard InChI is InChI=1S/C16H12F2N2O4S2/c17-16(18)25-12-7-3-2-6-11(12)19-14(21)9-20-15(22)10-5-1-4-8-13(10)26(20,23)24/h1-8,16H,9H2,(H,19,21). The molecule has 10 heteroatoms. The van der Waals surface area contributed by atoms with Crippen LogP contribution in [0.1, 0.15) is 10.4 Å². The zero-order chi connectivity index (χ0) is 18.9. The maximum atomic E-state index is 12.6. The Bertz CT molecular complexity index is 980. The number of carbonyl (C=O) groups excluding carboxylic acids is 2. The molecule has 0 saturated heterocycles. The third-order valence-electron chi connectivity index (χ3n) is 3.58. The molecule has 0 saturated carbocycles. The fourth-order valence-electron chi connectivity index (χ4n) is 2.48. The van der Waals surface area contributed by atoms with Crippen LogP contribution in [0.15, 0.2) is 58.3 Å². The molecule has 1 N–H and O–H groups in total. The molecule has 0 atom stereocenters. The zero-order valence-corrected chi connectivity index (χ0v) is 14.7. The Kier molecular flexibility index (Phi) is 4.97. The lowest BCUT2D eigenvalue weighted by atomic mass is 10.2. The lowest BCUT2D eigenvalue weighted by Crippen LogP contribution is -2.37. The highest BCUT2D eigenvalue weighted by Gasteiger charge is 2.41. The summed E-state index contributed by atoms with van der Waals surface area (Å²) in [5.74, 6) is -4.29. The second kappa shape index (κ2) is 7.04. The number of anilines is 1. The van der Waals surface area contributed by atoms with Gasteiger partial charge in [0.25, 0.3) is 21.7 Å². The molecule has 2 aromatic carbocycles. The van der Waals surface area contributed by atoms with E-state index < -0.39 is 34.1 Å². The van der Waals surface area contributed by atoms with Gasteiger partial charge in [-0.05, 0) is 24.3 Å². The van der Waals surface area contributed by atoms with E-state index in [9.17, 15) is 26.8 Å². The summed E-state index contributed by atoms with van der Waals surface area (Å²) in [5, 5.41) is 2.38. The van der Waals surface area contributed by atoms with E-state index in [2.05, 4.69) is 5.32 Å². The summed E-state index contributed by atoms with van der Waals surface area (Å²) < 4.78 is 50.5. The van der Waals surface area contributed by atoms with Gasteiger partial charge in [0.05, 0.1) is 11.3 Å². The Labute approximate surface area is 152 Å². The van der Waals surface area contributed by atoms with Crippen molar-refractivity contribution in [1.82, 2.24) is 4.31 Å². The van der Waals surface area contributed by atoms with Crippen LogP contribution in [0, 0.1) is 0 Å². The van der Waals surface area contributed by atoms with Gasteiger partial charge in [-0.25, -0.2) is 12.7 Å². The molecule has 2 aromatic rings. The van der Waals surface area contributed by atoms with Crippen LogP contribution in [-0.2, 0) is 14.8 Å². The van der Waals surface area contributed by atoms with Crippen molar-refractivity contribution in [2.45, 2.75) is 15.5 Å². The van der Waals surface area contributed by atoms with Gasteiger partial charge in [0, 0.05) is 4.90 Å². The summed E-state index contributed by atoms with van der Waals surface area (Å²) in [6.45, 7) is -0.747. The monoisotopic (exact) mass is 398 g/mol. The van der Waals surface area contributed by atoms with Crippen molar-refractivity contribution >= 4 is 39.3 Å². The number of thioether (sulfide) groups is 1. The minimum atomic E-state index is -4.11. The van der Waals surface area contributed by atoms with Gasteiger partial charge in [0.2, 0.25) is 5.91 Å². The third kappa shape index (κ3) is 3.42. The number of para-hydroxylation sites is 1. The molecule has 0 unspecified atom stereocenters. The van der Waals surface area contributed by atoms with E-state index in [1.165, 1.54) is 42.5 Å². The van der Waals surface area contributed by atoms with E-state index in [-0.39, 0.29) is 32.8 Å². The molecule has 0 bridgehead atoms. The highest BCUT2D eigenvalue weighted by molar-refractivity contribution is 7.99. The first kappa shape index (κ1) is 18.3. The molecule has 1 aliphatic rings. The summed E-state index contributed by atoms with van der Waals surface area (Å²) in [6, 6.07) is 11.5. The molecule has 0 radical (unpaired) electrons. The molecule has 136 valence electrons.